The van der Waals surface area contributed by atoms with E-state index in [1.165, 1.54) is 30.2 Å². The van der Waals surface area contributed by atoms with Gasteiger partial charge in [-0.3, -0.25) is 14.2 Å². The van der Waals surface area contributed by atoms with Gasteiger partial charge in [0, 0.05) is 13.2 Å². The third kappa shape index (κ3) is 5.57. The number of thioether (sulfide) groups is 1. The summed E-state index contributed by atoms with van der Waals surface area (Å²) in [5, 5.41) is 3.89. The summed E-state index contributed by atoms with van der Waals surface area (Å²) in [6.45, 7) is 3.74. The predicted molar refractivity (Wildman–Crippen MR) is 124 cm³/mol. The van der Waals surface area contributed by atoms with E-state index in [-0.39, 0.29) is 22.8 Å². The Morgan fingerprint density at radius 1 is 1.32 bits per heavy atom. The van der Waals surface area contributed by atoms with E-state index >= 15 is 0 Å². The molecule has 4 rings (SSSR count). The van der Waals surface area contributed by atoms with Crippen LogP contribution in [-0.4, -0.2) is 40.0 Å². The second-order valence-electron chi connectivity index (χ2n) is 8.37. The highest BCUT2D eigenvalue weighted by Crippen LogP contribution is 2.25. The molecule has 166 valence electrons. The van der Waals surface area contributed by atoms with Crippen LogP contribution in [0.4, 0.5) is 0 Å². The lowest BCUT2D eigenvalue weighted by Gasteiger charge is -2.19. The Morgan fingerprint density at radius 3 is 2.97 bits per heavy atom. The summed E-state index contributed by atoms with van der Waals surface area (Å²) in [7, 11) is 0. The van der Waals surface area contributed by atoms with Gasteiger partial charge >= 0.3 is 0 Å². The predicted octanol–water partition coefficient (Wildman–Crippen LogP) is 4.06. The summed E-state index contributed by atoms with van der Waals surface area (Å²) in [4.78, 5) is 30.6. The van der Waals surface area contributed by atoms with Gasteiger partial charge in [0.2, 0.25) is 5.91 Å². The molecule has 2 heterocycles. The minimum Gasteiger partial charge on any atom is -0.376 e. The number of nitrogens with zero attached hydrogens (tertiary/aromatic N) is 2. The monoisotopic (exact) mass is 441 g/mol. The Kier molecular flexibility index (Phi) is 7.45. The van der Waals surface area contributed by atoms with Crippen LogP contribution in [-0.2, 0) is 16.1 Å². The molecule has 31 heavy (non-hydrogen) atoms. The highest BCUT2D eigenvalue weighted by molar-refractivity contribution is 8.00. The van der Waals surface area contributed by atoms with Crippen LogP contribution < -0.4 is 10.9 Å². The Balaban J connectivity index is 1.47. The van der Waals surface area contributed by atoms with Gasteiger partial charge in [0.05, 0.1) is 28.8 Å². The number of hydrogen-bond acceptors (Lipinski definition) is 5. The third-order valence-corrected chi connectivity index (χ3v) is 7.11. The lowest BCUT2D eigenvalue weighted by Crippen LogP contribution is -2.33. The first kappa shape index (κ1) is 22.1. The Labute approximate surface area is 187 Å². The van der Waals surface area contributed by atoms with Crippen LogP contribution in [0.3, 0.4) is 0 Å². The molecule has 1 amide bonds. The smallest absolute Gasteiger partial charge is 0.262 e. The molecule has 1 aliphatic carbocycles. The van der Waals surface area contributed by atoms with Crippen molar-refractivity contribution in [3.05, 3.63) is 46.3 Å². The largest absolute Gasteiger partial charge is 0.376 e. The number of amides is 1. The molecule has 2 aliphatic rings. The number of hydrogen-bond donors (Lipinski definition) is 1. The second kappa shape index (κ2) is 10.5. The van der Waals surface area contributed by atoms with E-state index in [1.54, 1.807) is 10.6 Å². The minimum atomic E-state index is -0.343. The molecular weight excluding hydrogens is 410 g/mol. The van der Waals surface area contributed by atoms with Gasteiger partial charge in [-0.15, -0.1) is 0 Å². The first-order valence-corrected chi connectivity index (χ1v) is 12.2. The van der Waals surface area contributed by atoms with E-state index < -0.39 is 0 Å². The molecule has 0 radical (unpaired) electrons. The fourth-order valence-electron chi connectivity index (χ4n) is 4.22. The van der Waals surface area contributed by atoms with Crippen LogP contribution in [0.2, 0.25) is 0 Å². The molecule has 2 aromatic rings. The quantitative estimate of drug-likeness (QED) is 0.380. The molecular formula is C24H31N3O3S. The van der Waals surface area contributed by atoms with Crippen LogP contribution in [0.25, 0.3) is 10.9 Å². The zero-order valence-electron chi connectivity index (χ0n) is 18.1. The molecule has 0 bridgehead atoms. The van der Waals surface area contributed by atoms with Gasteiger partial charge in [-0.2, -0.15) is 0 Å². The van der Waals surface area contributed by atoms with Crippen molar-refractivity contribution in [3.63, 3.8) is 0 Å². The van der Waals surface area contributed by atoms with Gasteiger partial charge in [0.25, 0.3) is 5.56 Å². The summed E-state index contributed by atoms with van der Waals surface area (Å²) in [6.07, 6.45) is 10.0. The van der Waals surface area contributed by atoms with Crippen LogP contribution in [0.1, 0.15) is 51.9 Å². The van der Waals surface area contributed by atoms with Gasteiger partial charge in [-0.1, -0.05) is 35.5 Å². The number of nitrogens with one attached hydrogen (secondary N) is 1. The lowest BCUT2D eigenvalue weighted by molar-refractivity contribution is -0.120. The number of para-hydroxylation sites is 1. The number of ether oxygens (including phenoxy) is 1. The summed E-state index contributed by atoms with van der Waals surface area (Å²) >= 11 is 1.35. The number of carbonyl (C=O) groups is 1. The highest BCUT2D eigenvalue weighted by atomic mass is 32.2. The molecule has 1 fully saturated rings. The van der Waals surface area contributed by atoms with Crippen molar-refractivity contribution in [2.45, 2.75) is 74.9 Å². The van der Waals surface area contributed by atoms with Crippen molar-refractivity contribution < 1.29 is 9.53 Å². The minimum absolute atomic E-state index is 0.0208. The summed E-state index contributed by atoms with van der Waals surface area (Å²) in [5.74, 6) is -0.0208. The lowest BCUT2D eigenvalue weighted by atomic mass is 9.97. The number of aromatic nitrogens is 2. The number of carbonyl (C=O) groups excluding carboxylic acids is 1. The van der Waals surface area contributed by atoms with E-state index in [1.807, 2.05) is 25.1 Å². The summed E-state index contributed by atoms with van der Waals surface area (Å²) in [5.41, 5.74) is 2.05. The average molecular weight is 442 g/mol. The molecule has 0 saturated carbocycles. The van der Waals surface area contributed by atoms with Gasteiger partial charge in [0.1, 0.15) is 0 Å². The SMILES string of the molecule is C[C@H](Sc1nc2ccccc2c(=O)n1C[C@@H]1CCCO1)C(=O)NCCC1=CCCCC1. The molecule has 0 spiro atoms. The second-order valence-corrected chi connectivity index (χ2v) is 9.68. The van der Waals surface area contributed by atoms with Crippen molar-refractivity contribution in [3.8, 4) is 0 Å². The topological polar surface area (TPSA) is 73.2 Å². The van der Waals surface area contributed by atoms with Crippen molar-refractivity contribution in [1.82, 2.24) is 14.9 Å². The first-order chi connectivity index (χ1) is 15.1. The average Bonchev–Trinajstić information content (AvgIpc) is 3.30. The molecule has 1 saturated heterocycles. The zero-order chi connectivity index (χ0) is 21.6. The van der Waals surface area contributed by atoms with E-state index in [4.69, 9.17) is 9.72 Å². The van der Waals surface area contributed by atoms with Crippen LogP contribution in [0.15, 0.2) is 45.9 Å². The number of fused-ring (bicyclic) bond motifs is 1. The summed E-state index contributed by atoms with van der Waals surface area (Å²) < 4.78 is 7.45. The standard InChI is InChI=1S/C24H31N3O3S/c1-17(22(28)25-14-13-18-8-3-2-4-9-18)31-24-26-21-12-6-5-11-20(21)23(29)27(24)16-19-10-7-15-30-19/h5-6,8,11-12,17,19H,2-4,7,9-10,13-16H2,1H3,(H,25,28)/t17-,19-/m0/s1. The van der Waals surface area contributed by atoms with E-state index in [0.29, 0.717) is 29.1 Å². The van der Waals surface area contributed by atoms with Gasteiger partial charge in [-0.05, 0) is 64.0 Å². The van der Waals surface area contributed by atoms with Gasteiger partial charge in [-0.25, -0.2) is 4.98 Å². The third-order valence-electron chi connectivity index (χ3n) is 6.02. The Bertz CT molecular complexity index is 1010. The molecule has 6 nitrogen and oxygen atoms in total. The van der Waals surface area contributed by atoms with Crippen LogP contribution >= 0.6 is 11.8 Å². The highest BCUT2D eigenvalue weighted by Gasteiger charge is 2.23. The van der Waals surface area contributed by atoms with E-state index in [2.05, 4.69) is 11.4 Å². The molecule has 1 aromatic heterocycles. The number of benzene rings is 1. The van der Waals surface area contributed by atoms with E-state index in [9.17, 15) is 9.59 Å². The molecule has 1 aliphatic heterocycles. The maximum Gasteiger partial charge on any atom is 0.262 e. The number of rotatable bonds is 8. The fourth-order valence-corrected chi connectivity index (χ4v) is 5.17. The van der Waals surface area contributed by atoms with Crippen molar-refractivity contribution in [2.75, 3.05) is 13.2 Å². The molecule has 1 N–H and O–H groups in total. The van der Waals surface area contributed by atoms with Crippen LogP contribution in [0.5, 0.6) is 0 Å². The molecule has 2 atom stereocenters. The maximum absolute atomic E-state index is 13.2. The van der Waals surface area contributed by atoms with Crippen molar-refractivity contribution in [1.29, 1.82) is 0 Å². The first-order valence-electron chi connectivity index (χ1n) is 11.4. The Hall–Kier alpha value is -2.12. The van der Waals surface area contributed by atoms with Crippen LogP contribution in [0, 0.1) is 0 Å². The van der Waals surface area contributed by atoms with Gasteiger partial charge < -0.3 is 10.1 Å². The fraction of sp³-hybridized carbons (Fsp3) is 0.542. The molecule has 0 unspecified atom stereocenters. The zero-order valence-corrected chi connectivity index (χ0v) is 19.0. The molecule has 1 aromatic carbocycles. The molecule has 7 heteroatoms. The number of allylic oxidation sites excluding steroid dienone is 1. The van der Waals surface area contributed by atoms with Crippen molar-refractivity contribution >= 4 is 28.6 Å². The maximum atomic E-state index is 13.2. The normalized spacial score (nSPS) is 19.9. The van der Waals surface area contributed by atoms with Crippen molar-refractivity contribution in [2.24, 2.45) is 0 Å². The Morgan fingerprint density at radius 2 is 2.19 bits per heavy atom. The van der Waals surface area contributed by atoms with Gasteiger partial charge in [0.15, 0.2) is 5.16 Å². The van der Waals surface area contributed by atoms with E-state index in [0.717, 1.165) is 38.7 Å². The summed E-state index contributed by atoms with van der Waals surface area (Å²) in [6, 6.07) is 7.39.